The Morgan fingerprint density at radius 1 is 1.14 bits per heavy atom. The number of fused-ring (bicyclic) bond motifs is 1. The molecule has 2 N–H and O–H groups in total. The summed E-state index contributed by atoms with van der Waals surface area (Å²) in [6.07, 6.45) is 3.26. The van der Waals surface area contributed by atoms with Crippen LogP contribution in [0.4, 0.5) is 11.5 Å². The maximum atomic E-state index is 13.0. The van der Waals surface area contributed by atoms with Crippen LogP contribution in [-0.4, -0.2) is 85.1 Å². The van der Waals surface area contributed by atoms with Crippen molar-refractivity contribution in [2.45, 2.75) is 38.3 Å². The van der Waals surface area contributed by atoms with Crippen molar-refractivity contribution in [3.8, 4) is 0 Å². The molecule has 1 aromatic carbocycles. The predicted octanol–water partition coefficient (Wildman–Crippen LogP) is 3.16. The Labute approximate surface area is 216 Å². The lowest BCUT2D eigenvalue weighted by atomic mass is 9.88. The molecule has 1 aromatic heterocycles. The third-order valence-corrected chi connectivity index (χ3v) is 9.53. The summed E-state index contributed by atoms with van der Waals surface area (Å²) in [5.41, 5.74) is 0.690. The number of aliphatic hydroxyl groups is 1. The van der Waals surface area contributed by atoms with Gasteiger partial charge in [-0.15, -0.1) is 0 Å². The van der Waals surface area contributed by atoms with E-state index in [1.807, 2.05) is 12.1 Å². The number of halogens is 1. The molecule has 5 atom stereocenters. The third kappa shape index (κ3) is 4.17. The van der Waals surface area contributed by atoms with Gasteiger partial charge in [-0.1, -0.05) is 18.5 Å². The van der Waals surface area contributed by atoms with Crippen molar-refractivity contribution in [3.63, 3.8) is 0 Å². The normalized spacial score (nSPS) is 34.9. The first kappa shape index (κ1) is 24.4. The number of benzene rings is 1. The zero-order valence-electron chi connectivity index (χ0n) is 21.0. The molecule has 1 saturated carbocycles. The molecule has 1 amide bonds. The van der Waals surface area contributed by atoms with Crippen LogP contribution in [0.15, 0.2) is 24.4 Å². The van der Waals surface area contributed by atoms with Crippen molar-refractivity contribution < 1.29 is 19.4 Å². The fourth-order valence-electron chi connectivity index (χ4n) is 6.37. The van der Waals surface area contributed by atoms with Crippen LogP contribution in [0.3, 0.4) is 0 Å². The highest BCUT2D eigenvalue weighted by Crippen LogP contribution is 2.59. The van der Waals surface area contributed by atoms with Crippen LogP contribution in [0.1, 0.15) is 26.7 Å². The largest absolute Gasteiger partial charge is 0.389 e. The van der Waals surface area contributed by atoms with Crippen molar-refractivity contribution in [1.82, 2.24) is 9.88 Å². The number of pyridine rings is 1. The number of aromatic nitrogens is 1. The number of ether oxygens (including phenoxy) is 2. The molecule has 8 nitrogen and oxygen atoms in total. The lowest BCUT2D eigenvalue weighted by molar-refractivity contribution is -0.118. The van der Waals surface area contributed by atoms with Gasteiger partial charge in [0.25, 0.3) is 0 Å². The van der Waals surface area contributed by atoms with Crippen LogP contribution in [-0.2, 0) is 14.3 Å². The van der Waals surface area contributed by atoms with Gasteiger partial charge in [0.15, 0.2) is 0 Å². The SMILES string of the molecule is C[C@@]1(C2CCOC2)C[C@@H]1C(=O)Nc1cc2cc(N3CCN([C@@]4(C)COC[C@H]4O)CC3)c(Cl)cc2cn1. The quantitative estimate of drug-likeness (QED) is 0.633. The Balaban J connectivity index is 1.15. The number of piperazine rings is 1. The molecule has 3 aliphatic heterocycles. The summed E-state index contributed by atoms with van der Waals surface area (Å²) in [7, 11) is 0. The van der Waals surface area contributed by atoms with Gasteiger partial charge in [0, 0.05) is 50.3 Å². The minimum Gasteiger partial charge on any atom is -0.389 e. The Hall–Kier alpha value is -1.97. The van der Waals surface area contributed by atoms with Gasteiger partial charge < -0.3 is 24.8 Å². The second-order valence-corrected chi connectivity index (χ2v) is 11.8. The van der Waals surface area contributed by atoms with E-state index >= 15 is 0 Å². The molecule has 0 radical (unpaired) electrons. The fourth-order valence-corrected chi connectivity index (χ4v) is 6.66. The zero-order chi connectivity index (χ0) is 25.1. The summed E-state index contributed by atoms with van der Waals surface area (Å²) in [4.78, 5) is 22.1. The van der Waals surface area contributed by atoms with Crippen LogP contribution < -0.4 is 10.2 Å². The first-order chi connectivity index (χ1) is 17.3. The van der Waals surface area contributed by atoms with Crippen LogP contribution in [0.2, 0.25) is 5.02 Å². The number of hydrogen-bond acceptors (Lipinski definition) is 7. The van der Waals surface area contributed by atoms with Gasteiger partial charge in [0.05, 0.1) is 42.2 Å². The van der Waals surface area contributed by atoms with E-state index in [1.165, 1.54) is 0 Å². The molecule has 2 aromatic rings. The van der Waals surface area contributed by atoms with Crippen molar-refractivity contribution in [2.24, 2.45) is 17.3 Å². The smallest absolute Gasteiger partial charge is 0.229 e. The summed E-state index contributed by atoms with van der Waals surface area (Å²) in [6, 6.07) is 5.98. The molecule has 194 valence electrons. The molecular formula is C27H35ClN4O4. The van der Waals surface area contributed by atoms with Crippen LogP contribution in [0, 0.1) is 17.3 Å². The minimum absolute atomic E-state index is 0.0180. The Morgan fingerprint density at radius 2 is 1.94 bits per heavy atom. The van der Waals surface area contributed by atoms with Gasteiger partial charge in [0.2, 0.25) is 5.91 Å². The maximum Gasteiger partial charge on any atom is 0.229 e. The molecule has 3 saturated heterocycles. The molecule has 36 heavy (non-hydrogen) atoms. The highest BCUT2D eigenvalue weighted by atomic mass is 35.5. The highest BCUT2D eigenvalue weighted by Gasteiger charge is 2.59. The lowest BCUT2D eigenvalue weighted by Gasteiger charge is -2.45. The molecule has 1 aliphatic carbocycles. The molecule has 0 bridgehead atoms. The zero-order valence-corrected chi connectivity index (χ0v) is 21.8. The van der Waals surface area contributed by atoms with Gasteiger partial charge in [-0.05, 0) is 54.7 Å². The first-order valence-electron chi connectivity index (χ1n) is 13.0. The van der Waals surface area contributed by atoms with Gasteiger partial charge in [-0.25, -0.2) is 4.98 Å². The fraction of sp³-hybridized carbons (Fsp3) is 0.630. The number of aliphatic hydroxyl groups excluding tert-OH is 1. The van der Waals surface area contributed by atoms with Crippen LogP contribution in [0.25, 0.3) is 10.8 Å². The third-order valence-electron chi connectivity index (χ3n) is 9.23. The van der Waals surface area contributed by atoms with E-state index in [2.05, 4.69) is 40.0 Å². The summed E-state index contributed by atoms with van der Waals surface area (Å²) < 4.78 is 11.1. The number of nitrogens with zero attached hydrogens (tertiary/aromatic N) is 3. The van der Waals surface area contributed by atoms with Crippen LogP contribution in [0.5, 0.6) is 0 Å². The van der Waals surface area contributed by atoms with Crippen molar-refractivity contribution in [1.29, 1.82) is 0 Å². The van der Waals surface area contributed by atoms with Crippen molar-refractivity contribution in [2.75, 3.05) is 62.8 Å². The Kier molecular flexibility index (Phi) is 6.16. The molecule has 4 aliphatic rings. The molecule has 6 rings (SSSR count). The van der Waals surface area contributed by atoms with E-state index < -0.39 is 6.10 Å². The monoisotopic (exact) mass is 514 g/mol. The molecule has 1 unspecified atom stereocenters. The van der Waals surface area contributed by atoms with E-state index in [9.17, 15) is 9.90 Å². The van der Waals surface area contributed by atoms with Crippen molar-refractivity contribution >= 4 is 39.8 Å². The number of rotatable bonds is 5. The number of nitrogens with one attached hydrogen (secondary N) is 1. The van der Waals surface area contributed by atoms with E-state index in [-0.39, 0.29) is 22.8 Å². The number of anilines is 2. The topological polar surface area (TPSA) is 87.2 Å². The minimum atomic E-state index is -0.463. The number of amides is 1. The van der Waals surface area contributed by atoms with E-state index in [0.29, 0.717) is 30.0 Å². The van der Waals surface area contributed by atoms with Gasteiger partial charge >= 0.3 is 0 Å². The van der Waals surface area contributed by atoms with E-state index in [4.69, 9.17) is 21.1 Å². The average Bonchev–Trinajstić information content (AvgIpc) is 3.19. The summed E-state index contributed by atoms with van der Waals surface area (Å²) in [5, 5.41) is 16.1. The van der Waals surface area contributed by atoms with E-state index in [1.54, 1.807) is 6.20 Å². The highest BCUT2D eigenvalue weighted by molar-refractivity contribution is 6.34. The molecular weight excluding hydrogens is 480 g/mol. The van der Waals surface area contributed by atoms with Gasteiger partial charge in [0.1, 0.15) is 5.82 Å². The molecule has 0 spiro atoms. The van der Waals surface area contributed by atoms with Crippen molar-refractivity contribution in [3.05, 3.63) is 29.4 Å². The second-order valence-electron chi connectivity index (χ2n) is 11.4. The van der Waals surface area contributed by atoms with Gasteiger partial charge in [-0.3, -0.25) is 9.69 Å². The molecule has 4 heterocycles. The Morgan fingerprint density at radius 3 is 2.64 bits per heavy atom. The summed E-state index contributed by atoms with van der Waals surface area (Å²) >= 11 is 6.70. The number of carbonyl (C=O) groups is 1. The summed E-state index contributed by atoms with van der Waals surface area (Å²) in [5.74, 6) is 1.11. The standard InChI is InChI=1S/C27H35ClN4O4/c1-26(19-3-8-35-14-19)12-20(26)25(34)30-24-11-17-10-22(21(28)9-18(17)13-29-24)31-4-6-32(7-5-31)27(2)16-36-15-23(27)33/h9-11,13,19-20,23,33H,3-8,12,14-16H2,1-2H3,(H,29,30,34)/t19?,20-,23-,26+,27+/m1/s1. The predicted molar refractivity (Wildman–Crippen MR) is 140 cm³/mol. The maximum absolute atomic E-state index is 13.0. The molecule has 4 fully saturated rings. The van der Waals surface area contributed by atoms with E-state index in [0.717, 1.165) is 68.7 Å². The first-order valence-corrected chi connectivity index (χ1v) is 13.4. The Bertz CT molecular complexity index is 1170. The molecule has 9 heteroatoms. The average molecular weight is 515 g/mol. The number of carbonyl (C=O) groups excluding carboxylic acids is 1. The number of hydrogen-bond donors (Lipinski definition) is 2. The second kappa shape index (κ2) is 9.10. The van der Waals surface area contributed by atoms with Gasteiger partial charge in [-0.2, -0.15) is 0 Å². The van der Waals surface area contributed by atoms with Crippen LogP contribution >= 0.6 is 11.6 Å². The summed E-state index contributed by atoms with van der Waals surface area (Å²) in [6.45, 7) is 10.1. The lowest BCUT2D eigenvalue weighted by Crippen LogP contribution is -2.60.